The van der Waals surface area contributed by atoms with Crippen molar-refractivity contribution in [1.29, 1.82) is 0 Å². The Morgan fingerprint density at radius 2 is 2.20 bits per heavy atom. The third-order valence-electron chi connectivity index (χ3n) is 4.25. The summed E-state index contributed by atoms with van der Waals surface area (Å²) in [6, 6.07) is 1.72. The summed E-state index contributed by atoms with van der Waals surface area (Å²) in [5, 5.41) is 3.70. The average Bonchev–Trinajstić information content (AvgIpc) is 3.00. The fraction of sp³-hybridized carbons (Fsp3) is 1.00. The van der Waals surface area contributed by atoms with Gasteiger partial charge in [-0.1, -0.05) is 19.8 Å². The van der Waals surface area contributed by atoms with Crippen molar-refractivity contribution in [2.75, 3.05) is 20.1 Å². The van der Waals surface area contributed by atoms with Crippen LogP contribution in [0.15, 0.2) is 0 Å². The second kappa shape index (κ2) is 5.31. The summed E-state index contributed by atoms with van der Waals surface area (Å²) in [6.45, 7) is 4.85. The lowest BCUT2D eigenvalue weighted by atomic mass is 10.0. The SMILES string of the molecule is CCC1CC1NCCC1CCCCN1C. The Bertz CT molecular complexity index is 193. The van der Waals surface area contributed by atoms with Crippen molar-refractivity contribution in [3.63, 3.8) is 0 Å². The first kappa shape index (κ1) is 11.4. The van der Waals surface area contributed by atoms with Gasteiger partial charge in [0.2, 0.25) is 0 Å². The van der Waals surface area contributed by atoms with Crippen molar-refractivity contribution in [3.8, 4) is 0 Å². The third kappa shape index (κ3) is 3.18. The quantitative estimate of drug-likeness (QED) is 0.749. The molecule has 1 heterocycles. The van der Waals surface area contributed by atoms with Gasteiger partial charge in [0.1, 0.15) is 0 Å². The minimum atomic E-state index is 0.852. The van der Waals surface area contributed by atoms with Gasteiger partial charge in [0, 0.05) is 12.1 Å². The Morgan fingerprint density at radius 1 is 1.33 bits per heavy atom. The predicted molar refractivity (Wildman–Crippen MR) is 65.1 cm³/mol. The summed E-state index contributed by atoms with van der Waals surface area (Å²) < 4.78 is 0. The highest BCUT2D eigenvalue weighted by Gasteiger charge is 2.34. The Morgan fingerprint density at radius 3 is 2.87 bits per heavy atom. The topological polar surface area (TPSA) is 15.3 Å². The summed E-state index contributed by atoms with van der Waals surface area (Å²) in [5.41, 5.74) is 0. The fourth-order valence-corrected chi connectivity index (χ4v) is 2.89. The van der Waals surface area contributed by atoms with Crippen molar-refractivity contribution < 1.29 is 0 Å². The van der Waals surface area contributed by atoms with Crippen LogP contribution in [0, 0.1) is 5.92 Å². The van der Waals surface area contributed by atoms with Crippen LogP contribution < -0.4 is 5.32 Å². The third-order valence-corrected chi connectivity index (χ3v) is 4.25. The minimum absolute atomic E-state index is 0.852. The van der Waals surface area contributed by atoms with Crippen LogP contribution in [-0.2, 0) is 0 Å². The second-order valence-corrected chi connectivity index (χ2v) is 5.38. The molecule has 15 heavy (non-hydrogen) atoms. The minimum Gasteiger partial charge on any atom is -0.314 e. The molecule has 2 fully saturated rings. The van der Waals surface area contributed by atoms with Crippen LogP contribution in [0.4, 0.5) is 0 Å². The number of likely N-dealkylation sites (tertiary alicyclic amines) is 1. The van der Waals surface area contributed by atoms with Crippen LogP contribution >= 0.6 is 0 Å². The van der Waals surface area contributed by atoms with E-state index in [-0.39, 0.29) is 0 Å². The van der Waals surface area contributed by atoms with Gasteiger partial charge in [0.15, 0.2) is 0 Å². The Balaban J connectivity index is 1.57. The van der Waals surface area contributed by atoms with Crippen molar-refractivity contribution in [1.82, 2.24) is 10.2 Å². The standard InChI is InChI=1S/C13H26N2/c1-3-11-10-13(11)14-8-7-12-6-4-5-9-15(12)2/h11-14H,3-10H2,1-2H3. The van der Waals surface area contributed by atoms with Crippen LogP contribution in [0.3, 0.4) is 0 Å². The van der Waals surface area contributed by atoms with E-state index in [1.165, 1.54) is 51.6 Å². The van der Waals surface area contributed by atoms with Crippen molar-refractivity contribution in [2.24, 2.45) is 5.92 Å². The molecule has 1 aliphatic heterocycles. The molecule has 3 unspecified atom stereocenters. The highest BCUT2D eigenvalue weighted by atomic mass is 15.1. The maximum absolute atomic E-state index is 3.70. The van der Waals surface area contributed by atoms with Gasteiger partial charge in [0.05, 0.1) is 0 Å². The first-order valence-corrected chi connectivity index (χ1v) is 6.75. The molecule has 1 aliphatic carbocycles. The lowest BCUT2D eigenvalue weighted by molar-refractivity contribution is 0.175. The zero-order valence-corrected chi connectivity index (χ0v) is 10.3. The number of piperidine rings is 1. The van der Waals surface area contributed by atoms with E-state index in [0.717, 1.165) is 18.0 Å². The number of hydrogen-bond donors (Lipinski definition) is 1. The predicted octanol–water partition coefficient (Wildman–Crippen LogP) is 2.25. The van der Waals surface area contributed by atoms with Crippen LogP contribution in [0.25, 0.3) is 0 Å². The molecular weight excluding hydrogens is 184 g/mol. The van der Waals surface area contributed by atoms with Gasteiger partial charge in [-0.25, -0.2) is 0 Å². The molecule has 2 aliphatic rings. The smallest absolute Gasteiger partial charge is 0.0104 e. The molecular formula is C13H26N2. The van der Waals surface area contributed by atoms with Crippen molar-refractivity contribution in [2.45, 2.75) is 57.5 Å². The molecule has 0 aromatic carbocycles. The number of hydrogen-bond acceptors (Lipinski definition) is 2. The molecule has 2 rings (SSSR count). The van der Waals surface area contributed by atoms with Gasteiger partial charge in [0.25, 0.3) is 0 Å². The van der Waals surface area contributed by atoms with Gasteiger partial charge in [-0.2, -0.15) is 0 Å². The molecule has 88 valence electrons. The van der Waals surface area contributed by atoms with Gasteiger partial charge < -0.3 is 10.2 Å². The average molecular weight is 210 g/mol. The van der Waals surface area contributed by atoms with Crippen molar-refractivity contribution in [3.05, 3.63) is 0 Å². The van der Waals surface area contributed by atoms with Gasteiger partial charge >= 0.3 is 0 Å². The highest BCUT2D eigenvalue weighted by molar-refractivity contribution is 4.92. The molecule has 0 aromatic heterocycles. The first-order chi connectivity index (χ1) is 7.31. The van der Waals surface area contributed by atoms with E-state index in [1.807, 2.05) is 0 Å². The molecule has 1 saturated carbocycles. The van der Waals surface area contributed by atoms with E-state index < -0.39 is 0 Å². The summed E-state index contributed by atoms with van der Waals surface area (Å²) in [5.74, 6) is 0.995. The first-order valence-electron chi connectivity index (χ1n) is 6.75. The molecule has 0 spiro atoms. The molecule has 0 aromatic rings. The van der Waals surface area contributed by atoms with E-state index in [2.05, 4.69) is 24.2 Å². The summed E-state index contributed by atoms with van der Waals surface area (Å²) >= 11 is 0. The molecule has 3 atom stereocenters. The highest BCUT2D eigenvalue weighted by Crippen LogP contribution is 2.33. The normalized spacial score (nSPS) is 36.8. The van der Waals surface area contributed by atoms with E-state index in [0.29, 0.717) is 0 Å². The molecule has 0 radical (unpaired) electrons. The van der Waals surface area contributed by atoms with Crippen LogP contribution in [0.2, 0.25) is 0 Å². The molecule has 1 saturated heterocycles. The van der Waals surface area contributed by atoms with Gasteiger partial charge in [-0.05, 0) is 51.7 Å². The monoisotopic (exact) mass is 210 g/mol. The maximum Gasteiger partial charge on any atom is 0.0104 e. The zero-order valence-electron chi connectivity index (χ0n) is 10.3. The van der Waals surface area contributed by atoms with Crippen LogP contribution in [0.5, 0.6) is 0 Å². The Hall–Kier alpha value is -0.0800. The second-order valence-electron chi connectivity index (χ2n) is 5.38. The molecule has 0 bridgehead atoms. The van der Waals surface area contributed by atoms with E-state index in [9.17, 15) is 0 Å². The van der Waals surface area contributed by atoms with Gasteiger partial charge in [-0.15, -0.1) is 0 Å². The summed E-state index contributed by atoms with van der Waals surface area (Å²) in [7, 11) is 2.29. The Kier molecular flexibility index (Phi) is 4.04. The molecule has 2 nitrogen and oxygen atoms in total. The lowest BCUT2D eigenvalue weighted by Gasteiger charge is -2.32. The Labute approximate surface area is 94.4 Å². The molecule has 1 N–H and O–H groups in total. The van der Waals surface area contributed by atoms with E-state index in [1.54, 1.807) is 0 Å². The summed E-state index contributed by atoms with van der Waals surface area (Å²) in [6.07, 6.45) is 8.40. The number of nitrogens with zero attached hydrogens (tertiary/aromatic N) is 1. The largest absolute Gasteiger partial charge is 0.314 e. The summed E-state index contributed by atoms with van der Waals surface area (Å²) in [4.78, 5) is 2.55. The maximum atomic E-state index is 3.70. The van der Waals surface area contributed by atoms with Crippen molar-refractivity contribution >= 4 is 0 Å². The van der Waals surface area contributed by atoms with E-state index >= 15 is 0 Å². The molecule has 2 heteroatoms. The molecule has 0 amide bonds. The van der Waals surface area contributed by atoms with Crippen LogP contribution in [0.1, 0.15) is 45.4 Å². The van der Waals surface area contributed by atoms with Gasteiger partial charge in [-0.3, -0.25) is 0 Å². The van der Waals surface area contributed by atoms with Crippen LogP contribution in [-0.4, -0.2) is 37.1 Å². The number of rotatable bonds is 5. The number of nitrogens with one attached hydrogen (secondary N) is 1. The fourth-order valence-electron chi connectivity index (χ4n) is 2.89. The van der Waals surface area contributed by atoms with E-state index in [4.69, 9.17) is 0 Å². The lowest BCUT2D eigenvalue weighted by Crippen LogP contribution is -2.38. The zero-order chi connectivity index (χ0) is 10.7.